The number of hydrogen-bond donors (Lipinski definition) is 1. The Bertz CT molecular complexity index is 980. The van der Waals surface area contributed by atoms with Crippen molar-refractivity contribution in [1.29, 1.82) is 0 Å². The van der Waals surface area contributed by atoms with E-state index in [1.165, 1.54) is 5.56 Å². The van der Waals surface area contributed by atoms with E-state index in [2.05, 4.69) is 24.4 Å². The van der Waals surface area contributed by atoms with Gasteiger partial charge in [0.1, 0.15) is 6.61 Å². The summed E-state index contributed by atoms with van der Waals surface area (Å²) in [7, 11) is 0. The molecule has 3 nitrogen and oxygen atoms in total. The van der Waals surface area contributed by atoms with E-state index in [-0.39, 0.29) is 6.04 Å². The SMILES string of the molecule is CCOc1cc(CN[C@@H](C)c2ccccc2)cc(Cl)c1OCc1ccc(Cl)c(Cl)c1. The van der Waals surface area contributed by atoms with E-state index < -0.39 is 0 Å². The zero-order valence-corrected chi connectivity index (χ0v) is 19.2. The summed E-state index contributed by atoms with van der Waals surface area (Å²) in [6, 6.07) is 19.8. The molecular formula is C24H24Cl3NO2. The lowest BCUT2D eigenvalue weighted by Crippen LogP contribution is -2.18. The van der Waals surface area contributed by atoms with E-state index in [4.69, 9.17) is 44.3 Å². The van der Waals surface area contributed by atoms with Gasteiger partial charge in [0, 0.05) is 12.6 Å². The molecule has 158 valence electrons. The molecule has 0 unspecified atom stereocenters. The molecule has 0 saturated heterocycles. The number of ether oxygens (including phenoxy) is 2. The Morgan fingerprint density at radius 3 is 2.27 bits per heavy atom. The summed E-state index contributed by atoms with van der Waals surface area (Å²) in [4.78, 5) is 0. The summed E-state index contributed by atoms with van der Waals surface area (Å²) in [5.74, 6) is 1.14. The number of nitrogens with one attached hydrogen (secondary N) is 1. The van der Waals surface area contributed by atoms with Crippen LogP contribution in [-0.2, 0) is 13.2 Å². The molecule has 3 aromatic rings. The molecule has 0 saturated carbocycles. The van der Waals surface area contributed by atoms with Gasteiger partial charge in [0.25, 0.3) is 0 Å². The molecule has 0 spiro atoms. The minimum Gasteiger partial charge on any atom is -0.490 e. The van der Waals surface area contributed by atoms with Gasteiger partial charge in [0.2, 0.25) is 0 Å². The van der Waals surface area contributed by atoms with Gasteiger partial charge < -0.3 is 14.8 Å². The molecule has 0 aliphatic carbocycles. The van der Waals surface area contributed by atoms with Gasteiger partial charge in [0.05, 0.1) is 21.7 Å². The molecule has 3 aromatic carbocycles. The summed E-state index contributed by atoms with van der Waals surface area (Å²) in [5.41, 5.74) is 3.15. The van der Waals surface area contributed by atoms with E-state index >= 15 is 0 Å². The van der Waals surface area contributed by atoms with Gasteiger partial charge in [-0.15, -0.1) is 0 Å². The van der Waals surface area contributed by atoms with Crippen molar-refractivity contribution >= 4 is 34.8 Å². The summed E-state index contributed by atoms with van der Waals surface area (Å²) in [6.07, 6.45) is 0. The molecule has 0 fully saturated rings. The first kappa shape index (κ1) is 22.8. The van der Waals surface area contributed by atoms with Crippen LogP contribution in [0.4, 0.5) is 0 Å². The second kappa shape index (κ2) is 10.9. The van der Waals surface area contributed by atoms with Crippen molar-refractivity contribution in [3.63, 3.8) is 0 Å². The smallest absolute Gasteiger partial charge is 0.180 e. The van der Waals surface area contributed by atoms with Crippen LogP contribution in [-0.4, -0.2) is 6.61 Å². The minimum atomic E-state index is 0.214. The molecule has 0 aliphatic rings. The van der Waals surface area contributed by atoms with Gasteiger partial charge in [-0.05, 0) is 54.8 Å². The highest BCUT2D eigenvalue weighted by Gasteiger charge is 2.14. The Hall–Kier alpha value is -1.91. The fourth-order valence-corrected chi connectivity index (χ4v) is 3.65. The van der Waals surface area contributed by atoms with Crippen LogP contribution in [0.1, 0.15) is 36.6 Å². The van der Waals surface area contributed by atoms with E-state index in [1.54, 1.807) is 12.1 Å². The first-order valence-electron chi connectivity index (χ1n) is 9.78. The maximum Gasteiger partial charge on any atom is 0.180 e. The van der Waals surface area contributed by atoms with Gasteiger partial charge in [-0.1, -0.05) is 71.2 Å². The fraction of sp³-hybridized carbons (Fsp3) is 0.250. The van der Waals surface area contributed by atoms with Crippen molar-refractivity contribution in [3.05, 3.63) is 92.4 Å². The number of benzene rings is 3. The van der Waals surface area contributed by atoms with E-state index in [0.29, 0.717) is 46.3 Å². The molecule has 0 bridgehead atoms. The van der Waals surface area contributed by atoms with Crippen molar-refractivity contribution in [2.75, 3.05) is 6.61 Å². The predicted octanol–water partition coefficient (Wildman–Crippen LogP) is 7.48. The molecule has 0 amide bonds. The van der Waals surface area contributed by atoms with Crippen molar-refractivity contribution in [1.82, 2.24) is 5.32 Å². The average Bonchev–Trinajstić information content (AvgIpc) is 2.74. The first-order chi connectivity index (χ1) is 14.5. The number of halogens is 3. The molecule has 30 heavy (non-hydrogen) atoms. The highest BCUT2D eigenvalue weighted by Crippen LogP contribution is 2.37. The first-order valence-corrected chi connectivity index (χ1v) is 10.9. The van der Waals surface area contributed by atoms with Crippen LogP contribution in [0.15, 0.2) is 60.7 Å². The van der Waals surface area contributed by atoms with Gasteiger partial charge in [0.15, 0.2) is 11.5 Å². The van der Waals surface area contributed by atoms with E-state index in [1.807, 2.05) is 43.3 Å². The molecule has 0 heterocycles. The van der Waals surface area contributed by atoms with Gasteiger partial charge in [-0.3, -0.25) is 0 Å². The third-order valence-electron chi connectivity index (χ3n) is 4.65. The normalized spacial score (nSPS) is 11.9. The van der Waals surface area contributed by atoms with Crippen LogP contribution in [0.3, 0.4) is 0 Å². The lowest BCUT2D eigenvalue weighted by molar-refractivity contribution is 0.269. The Morgan fingerprint density at radius 2 is 1.57 bits per heavy atom. The second-order valence-corrected chi connectivity index (χ2v) is 8.11. The minimum absolute atomic E-state index is 0.214. The largest absolute Gasteiger partial charge is 0.490 e. The van der Waals surface area contributed by atoms with E-state index in [0.717, 1.165) is 11.1 Å². The molecular weight excluding hydrogens is 441 g/mol. The topological polar surface area (TPSA) is 30.5 Å². The predicted molar refractivity (Wildman–Crippen MR) is 125 cm³/mol. The Morgan fingerprint density at radius 1 is 0.833 bits per heavy atom. The number of rotatable bonds is 9. The van der Waals surface area contributed by atoms with Crippen molar-refractivity contribution in [3.8, 4) is 11.5 Å². The van der Waals surface area contributed by atoms with Gasteiger partial charge >= 0.3 is 0 Å². The summed E-state index contributed by atoms with van der Waals surface area (Å²) in [5, 5.41) is 5.02. The highest BCUT2D eigenvalue weighted by molar-refractivity contribution is 6.42. The van der Waals surface area contributed by atoms with Crippen molar-refractivity contribution in [2.24, 2.45) is 0 Å². The number of hydrogen-bond acceptors (Lipinski definition) is 3. The quantitative estimate of drug-likeness (QED) is 0.356. The van der Waals surface area contributed by atoms with Crippen LogP contribution in [0, 0.1) is 0 Å². The molecule has 3 rings (SSSR count). The molecule has 1 atom stereocenters. The van der Waals surface area contributed by atoms with Crippen LogP contribution < -0.4 is 14.8 Å². The Labute approximate surface area is 192 Å². The highest BCUT2D eigenvalue weighted by atomic mass is 35.5. The lowest BCUT2D eigenvalue weighted by atomic mass is 10.1. The zero-order valence-electron chi connectivity index (χ0n) is 16.9. The zero-order chi connectivity index (χ0) is 21.5. The fourth-order valence-electron chi connectivity index (χ4n) is 3.04. The third kappa shape index (κ3) is 6.05. The summed E-state index contributed by atoms with van der Waals surface area (Å²) in [6.45, 7) is 5.53. The summed E-state index contributed by atoms with van der Waals surface area (Å²) < 4.78 is 11.8. The molecule has 6 heteroatoms. The average molecular weight is 465 g/mol. The van der Waals surface area contributed by atoms with Crippen LogP contribution in [0.5, 0.6) is 11.5 Å². The van der Waals surface area contributed by atoms with Crippen molar-refractivity contribution in [2.45, 2.75) is 33.0 Å². The monoisotopic (exact) mass is 463 g/mol. The molecule has 1 N–H and O–H groups in total. The van der Waals surface area contributed by atoms with Crippen LogP contribution >= 0.6 is 34.8 Å². The van der Waals surface area contributed by atoms with Gasteiger partial charge in [-0.2, -0.15) is 0 Å². The molecule has 0 aromatic heterocycles. The lowest BCUT2D eigenvalue weighted by Gasteiger charge is -2.18. The third-order valence-corrected chi connectivity index (χ3v) is 5.67. The second-order valence-electron chi connectivity index (χ2n) is 6.89. The van der Waals surface area contributed by atoms with Gasteiger partial charge in [-0.25, -0.2) is 0 Å². The Kier molecular flexibility index (Phi) is 8.29. The van der Waals surface area contributed by atoms with Crippen LogP contribution in [0.25, 0.3) is 0 Å². The maximum absolute atomic E-state index is 6.55. The molecule has 0 aliphatic heterocycles. The Balaban J connectivity index is 1.72. The van der Waals surface area contributed by atoms with Crippen LogP contribution in [0.2, 0.25) is 15.1 Å². The van der Waals surface area contributed by atoms with E-state index in [9.17, 15) is 0 Å². The van der Waals surface area contributed by atoms with Crippen molar-refractivity contribution < 1.29 is 9.47 Å². The maximum atomic E-state index is 6.55. The standard InChI is InChI=1S/C24H24Cl3NO2/c1-3-29-23-13-18(14-28-16(2)19-7-5-4-6-8-19)12-22(27)24(23)30-15-17-9-10-20(25)21(26)11-17/h4-13,16,28H,3,14-15H2,1-2H3/t16-/m0/s1. The molecule has 0 radical (unpaired) electrons. The summed E-state index contributed by atoms with van der Waals surface area (Å²) >= 11 is 18.6.